The highest BCUT2D eigenvalue weighted by Crippen LogP contribution is 2.08. The first-order chi connectivity index (χ1) is 20.2. The molecule has 0 fully saturated rings. The fraction of sp³-hybridized carbons (Fsp3) is 0.152. The van der Waals surface area contributed by atoms with E-state index in [0.29, 0.717) is 13.2 Å². The molecule has 8 nitrogen and oxygen atoms in total. The number of ether oxygens (including phenoxy) is 2. The first-order valence-electron chi connectivity index (χ1n) is 13.0. The Bertz CT molecular complexity index is 1390. The van der Waals surface area contributed by atoms with E-state index in [0.717, 1.165) is 30.2 Å². The number of azide groups is 1. The Morgan fingerprint density at radius 3 is 1.76 bits per heavy atom. The van der Waals surface area contributed by atoms with Gasteiger partial charge in [-0.3, -0.25) is 0 Å². The van der Waals surface area contributed by atoms with Gasteiger partial charge in [0, 0.05) is 11.1 Å². The Hall–Kier alpha value is -5.51. The Morgan fingerprint density at radius 2 is 1.29 bits per heavy atom. The predicted molar refractivity (Wildman–Crippen MR) is 163 cm³/mol. The van der Waals surface area contributed by atoms with Gasteiger partial charge in [0.2, 0.25) is 0 Å². The second-order valence-electron chi connectivity index (χ2n) is 8.01. The molecule has 1 heterocycles. The summed E-state index contributed by atoms with van der Waals surface area (Å²) < 4.78 is 12.1. The number of aromatic nitrogens is 3. The highest BCUT2D eigenvalue weighted by molar-refractivity contribution is 5.22. The van der Waals surface area contributed by atoms with Crippen LogP contribution >= 0.6 is 0 Å². The molecule has 0 aliphatic carbocycles. The zero-order chi connectivity index (χ0) is 29.2. The molecular weight excluding hydrogens is 512 g/mol. The van der Waals surface area contributed by atoms with E-state index >= 15 is 0 Å². The van der Waals surface area contributed by atoms with Crippen LogP contribution in [0.4, 0.5) is 0 Å². The molecule has 0 amide bonds. The first-order valence-corrected chi connectivity index (χ1v) is 13.0. The van der Waals surface area contributed by atoms with Crippen LogP contribution in [-0.2, 0) is 13.1 Å². The number of rotatable bonds is 8. The van der Waals surface area contributed by atoms with Gasteiger partial charge in [-0.15, -0.1) is 11.5 Å². The van der Waals surface area contributed by atoms with E-state index in [2.05, 4.69) is 38.4 Å². The molecule has 0 unspecified atom stereocenters. The van der Waals surface area contributed by atoms with E-state index < -0.39 is 0 Å². The molecule has 5 rings (SSSR count). The average Bonchev–Trinajstić information content (AvgIpc) is 3.55. The molecule has 0 N–H and O–H groups in total. The zero-order valence-electron chi connectivity index (χ0n) is 23.1. The van der Waals surface area contributed by atoms with Gasteiger partial charge in [-0.25, -0.2) is 4.68 Å². The smallest absolute Gasteiger partial charge is 0.148 e. The quantitative estimate of drug-likeness (QED) is 0.0866. The normalized spacial score (nSPS) is 8.98. The standard InChI is InChI=1S/C9H9N3.C9H8O.C8H10O.C7H7N3/c1-2-4-9(5-3-1)8-12-7-6-10-11-12;1-2-8-10-9-6-4-3-5-7-9;1-2-9-8-6-4-3-5-7-8;8-10-9-6-7-4-2-1-3-5-7/h1-7H,8H2;1,3-7H,8H2;3-7H,2H2,1H3;1-5H,6H2. The molecule has 5 aromatic rings. The van der Waals surface area contributed by atoms with Crippen LogP contribution in [0.25, 0.3) is 10.4 Å². The van der Waals surface area contributed by atoms with Gasteiger partial charge in [0.15, 0.2) is 0 Å². The summed E-state index contributed by atoms with van der Waals surface area (Å²) in [5, 5.41) is 11.0. The molecule has 208 valence electrons. The van der Waals surface area contributed by atoms with Crippen molar-refractivity contribution in [1.82, 2.24) is 15.0 Å². The summed E-state index contributed by atoms with van der Waals surface area (Å²) in [6.45, 7) is 4.29. The monoisotopic (exact) mass is 546 g/mol. The number of hydrogen-bond acceptors (Lipinski definition) is 5. The number of para-hydroxylation sites is 2. The Balaban J connectivity index is 0.000000192. The van der Waals surface area contributed by atoms with E-state index in [1.165, 1.54) is 5.56 Å². The summed E-state index contributed by atoms with van der Waals surface area (Å²) in [6.07, 6.45) is 8.54. The van der Waals surface area contributed by atoms with Crippen molar-refractivity contribution < 1.29 is 9.47 Å². The van der Waals surface area contributed by atoms with Crippen LogP contribution in [0.1, 0.15) is 18.1 Å². The molecule has 8 heteroatoms. The summed E-state index contributed by atoms with van der Waals surface area (Å²) in [5.74, 6) is 4.16. The minimum Gasteiger partial charge on any atom is -0.494 e. The number of nitrogens with zero attached hydrogens (tertiary/aromatic N) is 6. The van der Waals surface area contributed by atoms with Crippen LogP contribution in [0.2, 0.25) is 0 Å². The Kier molecular flexibility index (Phi) is 16.6. The molecule has 0 bridgehead atoms. The SMILES string of the molecule is C#CCOc1ccccc1.CCOc1ccccc1.[N-]=[N+]=NCc1ccccc1.c1ccc(Cn2ccnn2)cc1. The van der Waals surface area contributed by atoms with Crippen molar-refractivity contribution in [2.75, 3.05) is 13.2 Å². The number of terminal acetylenes is 1. The van der Waals surface area contributed by atoms with Crippen LogP contribution in [-0.4, -0.2) is 28.2 Å². The lowest BCUT2D eigenvalue weighted by Crippen LogP contribution is -1.99. The van der Waals surface area contributed by atoms with Gasteiger partial charge in [0.1, 0.15) is 18.1 Å². The van der Waals surface area contributed by atoms with Crippen molar-refractivity contribution in [1.29, 1.82) is 0 Å². The van der Waals surface area contributed by atoms with Crippen LogP contribution in [0.15, 0.2) is 139 Å². The van der Waals surface area contributed by atoms with Gasteiger partial charge in [-0.05, 0) is 47.8 Å². The molecule has 4 aromatic carbocycles. The van der Waals surface area contributed by atoms with Gasteiger partial charge < -0.3 is 9.47 Å². The molecule has 0 atom stereocenters. The van der Waals surface area contributed by atoms with Crippen molar-refractivity contribution in [2.24, 2.45) is 5.11 Å². The van der Waals surface area contributed by atoms with Crippen LogP contribution in [0.3, 0.4) is 0 Å². The van der Waals surface area contributed by atoms with Gasteiger partial charge in [-0.1, -0.05) is 113 Å². The minimum atomic E-state index is 0.337. The fourth-order valence-corrected chi connectivity index (χ4v) is 3.11. The van der Waals surface area contributed by atoms with Crippen molar-refractivity contribution in [2.45, 2.75) is 20.0 Å². The molecule has 0 aliphatic rings. The van der Waals surface area contributed by atoms with Gasteiger partial charge >= 0.3 is 0 Å². The second kappa shape index (κ2) is 21.4. The number of hydrogen-bond donors (Lipinski definition) is 0. The third-order valence-corrected chi connectivity index (χ3v) is 4.94. The van der Waals surface area contributed by atoms with E-state index in [1.807, 2.05) is 122 Å². The van der Waals surface area contributed by atoms with E-state index in [1.54, 1.807) is 10.9 Å². The maximum absolute atomic E-state index is 7.99. The second-order valence-corrected chi connectivity index (χ2v) is 8.01. The van der Waals surface area contributed by atoms with Crippen molar-refractivity contribution in [3.63, 3.8) is 0 Å². The summed E-state index contributed by atoms with van der Waals surface area (Å²) in [6, 6.07) is 39.1. The highest BCUT2D eigenvalue weighted by Gasteiger charge is 1.92. The molecular formula is C33H34N6O2. The number of benzene rings is 4. The van der Waals surface area contributed by atoms with Gasteiger partial charge in [0.25, 0.3) is 0 Å². The maximum atomic E-state index is 7.99. The Labute approximate surface area is 241 Å². The first kappa shape index (κ1) is 31.7. The highest BCUT2D eigenvalue weighted by atomic mass is 16.5. The lowest BCUT2D eigenvalue weighted by atomic mass is 10.2. The van der Waals surface area contributed by atoms with Crippen LogP contribution in [0, 0.1) is 12.3 Å². The minimum absolute atomic E-state index is 0.337. The maximum Gasteiger partial charge on any atom is 0.148 e. The Morgan fingerprint density at radius 1 is 0.780 bits per heavy atom. The molecule has 41 heavy (non-hydrogen) atoms. The van der Waals surface area contributed by atoms with E-state index in [4.69, 9.17) is 21.4 Å². The molecule has 0 saturated heterocycles. The third-order valence-electron chi connectivity index (χ3n) is 4.94. The van der Waals surface area contributed by atoms with Crippen molar-refractivity contribution in [3.05, 3.63) is 155 Å². The largest absolute Gasteiger partial charge is 0.494 e. The summed E-state index contributed by atoms with van der Waals surface area (Å²) >= 11 is 0. The van der Waals surface area contributed by atoms with Gasteiger partial charge in [0.05, 0.1) is 25.9 Å². The van der Waals surface area contributed by atoms with E-state index in [9.17, 15) is 0 Å². The zero-order valence-corrected chi connectivity index (χ0v) is 23.1. The molecule has 0 aliphatic heterocycles. The molecule has 1 aromatic heterocycles. The third kappa shape index (κ3) is 15.5. The summed E-state index contributed by atoms with van der Waals surface area (Å²) in [7, 11) is 0. The summed E-state index contributed by atoms with van der Waals surface area (Å²) in [4.78, 5) is 2.66. The van der Waals surface area contributed by atoms with Crippen LogP contribution < -0.4 is 9.47 Å². The van der Waals surface area contributed by atoms with Gasteiger partial charge in [-0.2, -0.15) is 0 Å². The van der Waals surface area contributed by atoms with Crippen molar-refractivity contribution in [3.8, 4) is 23.8 Å². The topological polar surface area (TPSA) is 97.9 Å². The lowest BCUT2D eigenvalue weighted by molar-refractivity contribution is 0.340. The van der Waals surface area contributed by atoms with Crippen LogP contribution in [0.5, 0.6) is 11.5 Å². The van der Waals surface area contributed by atoms with E-state index in [-0.39, 0.29) is 0 Å². The lowest BCUT2D eigenvalue weighted by Gasteiger charge is -1.99. The molecule has 0 radical (unpaired) electrons. The van der Waals surface area contributed by atoms with Crippen molar-refractivity contribution >= 4 is 0 Å². The fourth-order valence-electron chi connectivity index (χ4n) is 3.11. The molecule has 0 saturated carbocycles. The predicted octanol–water partition coefficient (Wildman–Crippen LogP) is 7.61. The molecule has 0 spiro atoms. The summed E-state index contributed by atoms with van der Waals surface area (Å²) in [5.41, 5.74) is 10.3. The average molecular weight is 547 g/mol.